The van der Waals surface area contributed by atoms with E-state index in [1.54, 1.807) is 0 Å². The van der Waals surface area contributed by atoms with E-state index < -0.39 is 23.1 Å². The molecule has 2 rings (SSSR count). The molecule has 0 saturated carbocycles. The van der Waals surface area contributed by atoms with E-state index in [4.69, 9.17) is 0 Å². The molecule has 0 fully saturated rings. The molecule has 1 heterocycles. The summed E-state index contributed by atoms with van der Waals surface area (Å²) in [6.45, 7) is 0. The molecule has 0 unspecified atom stereocenters. The molecule has 13 heteroatoms. The van der Waals surface area contributed by atoms with E-state index in [9.17, 15) is 19.8 Å². The van der Waals surface area contributed by atoms with E-state index in [2.05, 4.69) is 9.15 Å². The second-order valence-electron chi connectivity index (χ2n) is 2.56. The maximum Gasteiger partial charge on any atom is 2.00 e. The first-order valence-corrected chi connectivity index (χ1v) is 3.55. The van der Waals surface area contributed by atoms with Crippen LogP contribution in [0.3, 0.4) is 0 Å². The van der Waals surface area contributed by atoms with E-state index in [1.165, 1.54) is 6.07 Å². The van der Waals surface area contributed by atoms with Crippen molar-refractivity contribution < 1.29 is 61.8 Å². The minimum atomic E-state index is -1.65. The van der Waals surface area contributed by atoms with Crippen LogP contribution >= 0.6 is 0 Å². The molecule has 0 bridgehead atoms. The Kier molecular flexibility index (Phi) is 23.1. The summed E-state index contributed by atoms with van der Waals surface area (Å²) < 4.78 is 8.74. The minimum absolute atomic E-state index is 0. The zero-order valence-corrected chi connectivity index (χ0v) is 11.7. The van der Waals surface area contributed by atoms with Crippen LogP contribution < -0.4 is 10.2 Å². The SMILES string of the molecule is O.O.O.O.O.O.O=C([O-])c1ccc2ooc2c1C(=O)[O-].[Mg+2]. The average molecular weight is 326 g/mol. The molecule has 0 spiro atoms. The Morgan fingerprint density at radius 1 is 0.810 bits per heavy atom. The fraction of sp³-hybridized carbons (Fsp3) is 0. The number of benzene rings is 1. The largest absolute Gasteiger partial charge is 2.00 e. The molecule has 0 radical (unpaired) electrons. The predicted octanol–water partition coefficient (Wildman–Crippen LogP) is -6.58. The van der Waals surface area contributed by atoms with Gasteiger partial charge in [-0.05, 0) is 12.1 Å². The number of carboxylic acids is 2. The Balaban J connectivity index is -0.0000000804. The van der Waals surface area contributed by atoms with E-state index in [0.29, 0.717) is 0 Å². The first-order valence-electron chi connectivity index (χ1n) is 3.55. The molecule has 1 aromatic carbocycles. The number of carboxylic acid groups (broad SMARTS) is 2. The average Bonchev–Trinajstić information content (AvgIpc) is 2.05. The van der Waals surface area contributed by atoms with Crippen molar-refractivity contribution >= 4 is 46.2 Å². The summed E-state index contributed by atoms with van der Waals surface area (Å²) in [6, 6.07) is 2.33. The Morgan fingerprint density at radius 2 is 1.29 bits per heavy atom. The molecule has 1 aromatic heterocycles. The summed E-state index contributed by atoms with van der Waals surface area (Å²) in [5.41, 5.74) is -1.04. The van der Waals surface area contributed by atoms with Crippen molar-refractivity contribution in [2.45, 2.75) is 0 Å². The van der Waals surface area contributed by atoms with Crippen LogP contribution in [0.4, 0.5) is 0 Å². The van der Waals surface area contributed by atoms with Crippen molar-refractivity contribution in [1.82, 2.24) is 0 Å². The number of fused-ring (bicyclic) bond motifs is 1. The smallest absolute Gasteiger partial charge is 0.545 e. The third-order valence-corrected chi connectivity index (χ3v) is 1.76. The number of hydrogen-bond donors (Lipinski definition) is 0. The summed E-state index contributed by atoms with van der Waals surface area (Å²) in [4.78, 5) is 21.1. The quantitative estimate of drug-likeness (QED) is 0.380. The summed E-state index contributed by atoms with van der Waals surface area (Å²) in [6.07, 6.45) is 0. The Hall–Kier alpha value is -1.71. The van der Waals surface area contributed by atoms with Gasteiger partial charge in [-0.25, -0.2) is 0 Å². The van der Waals surface area contributed by atoms with Gasteiger partial charge < -0.3 is 52.7 Å². The zero-order chi connectivity index (χ0) is 10.3. The maximum atomic E-state index is 10.6. The van der Waals surface area contributed by atoms with Gasteiger partial charge in [-0.15, -0.1) is 0 Å². The van der Waals surface area contributed by atoms with Crippen LogP contribution in [0, 0.1) is 0 Å². The number of carbonyl (C=O) groups excluding carboxylic acids is 2. The Morgan fingerprint density at radius 3 is 1.57 bits per heavy atom. The van der Waals surface area contributed by atoms with Gasteiger partial charge in [0.05, 0.1) is 17.5 Å². The van der Waals surface area contributed by atoms with E-state index >= 15 is 0 Å². The Bertz CT molecular complexity index is 528. The van der Waals surface area contributed by atoms with Crippen molar-refractivity contribution in [1.29, 1.82) is 0 Å². The van der Waals surface area contributed by atoms with Crippen molar-refractivity contribution in [2.24, 2.45) is 0 Å². The molecule has 0 aliphatic heterocycles. The van der Waals surface area contributed by atoms with Crippen LogP contribution in [-0.2, 0) is 0 Å². The normalized spacial score (nSPS) is 7.05. The first-order chi connectivity index (χ1) is 6.61. The van der Waals surface area contributed by atoms with Gasteiger partial charge in [0.1, 0.15) is 0 Å². The summed E-state index contributed by atoms with van der Waals surface area (Å²) in [7, 11) is 0. The van der Waals surface area contributed by atoms with Gasteiger partial charge in [0, 0.05) is 5.56 Å². The van der Waals surface area contributed by atoms with Crippen LogP contribution in [0.25, 0.3) is 11.2 Å². The van der Waals surface area contributed by atoms with Gasteiger partial charge in [0.15, 0.2) is 0 Å². The van der Waals surface area contributed by atoms with Gasteiger partial charge in [-0.1, -0.05) is 0 Å². The molecular formula is C8H14MgO12. The fourth-order valence-corrected chi connectivity index (χ4v) is 1.14. The second-order valence-corrected chi connectivity index (χ2v) is 2.56. The topological polar surface area (TPSA) is 296 Å². The molecule has 2 aromatic rings. The number of aromatic carboxylic acids is 2. The summed E-state index contributed by atoms with van der Waals surface area (Å²) in [5.74, 6) is -3.26. The molecule has 0 aliphatic rings. The summed E-state index contributed by atoms with van der Waals surface area (Å²) >= 11 is 0. The molecular weight excluding hydrogens is 312 g/mol. The van der Waals surface area contributed by atoms with Gasteiger partial charge in [-0.3, -0.25) is 9.15 Å². The fourth-order valence-electron chi connectivity index (χ4n) is 1.14. The van der Waals surface area contributed by atoms with E-state index in [1.807, 2.05) is 0 Å². The van der Waals surface area contributed by atoms with Crippen LogP contribution in [0.5, 0.6) is 0 Å². The molecule has 0 amide bonds. The molecule has 21 heavy (non-hydrogen) atoms. The van der Waals surface area contributed by atoms with E-state index in [-0.39, 0.29) is 67.1 Å². The van der Waals surface area contributed by atoms with Crippen LogP contribution in [0.15, 0.2) is 21.3 Å². The monoisotopic (exact) mass is 326 g/mol. The number of hydrogen-bond acceptors (Lipinski definition) is 6. The number of carbonyl (C=O) groups is 2. The van der Waals surface area contributed by atoms with Gasteiger partial charge >= 0.3 is 23.1 Å². The molecule has 12 N–H and O–H groups in total. The predicted molar refractivity (Wildman–Crippen MR) is 64.6 cm³/mol. The number of rotatable bonds is 2. The molecule has 120 valence electrons. The van der Waals surface area contributed by atoms with Crippen LogP contribution in [0.2, 0.25) is 0 Å². The van der Waals surface area contributed by atoms with Crippen molar-refractivity contribution in [2.75, 3.05) is 0 Å². The first kappa shape index (κ1) is 36.5. The van der Waals surface area contributed by atoms with Crippen molar-refractivity contribution in [3.63, 3.8) is 0 Å². The molecule has 12 nitrogen and oxygen atoms in total. The van der Waals surface area contributed by atoms with Crippen LogP contribution in [0.1, 0.15) is 20.7 Å². The summed E-state index contributed by atoms with van der Waals surface area (Å²) in [5, 5.41) is 21.1. The third kappa shape index (κ3) is 6.06. The Labute approximate surface area is 131 Å². The maximum absolute atomic E-state index is 10.6. The second kappa shape index (κ2) is 13.3. The zero-order valence-electron chi connectivity index (χ0n) is 10.3. The van der Waals surface area contributed by atoms with Gasteiger partial charge in [-0.2, -0.15) is 0 Å². The van der Waals surface area contributed by atoms with E-state index in [0.717, 1.165) is 6.07 Å². The third-order valence-electron chi connectivity index (χ3n) is 1.76. The van der Waals surface area contributed by atoms with Crippen molar-refractivity contribution in [3.05, 3.63) is 23.3 Å². The van der Waals surface area contributed by atoms with Gasteiger partial charge in [0.25, 0.3) is 0 Å². The molecule has 0 aliphatic carbocycles. The van der Waals surface area contributed by atoms with Crippen LogP contribution in [-0.4, -0.2) is 67.8 Å². The molecule has 0 atom stereocenters. The standard InChI is InChI=1S/C8H4O6.Mg.6H2O/c9-7(10)3-1-2-4-6(14-13-4)5(3)8(11)12;;;;;;;/h1-2H,(H,9,10)(H,11,12);;6*1H2/q;+2;;;;;;/p-2. The minimum Gasteiger partial charge on any atom is -0.545 e. The van der Waals surface area contributed by atoms with Gasteiger partial charge in [0.2, 0.25) is 11.2 Å². The molecule has 0 saturated heterocycles. The van der Waals surface area contributed by atoms with Crippen molar-refractivity contribution in [3.8, 4) is 0 Å².